The molecule has 1 aliphatic rings. The summed E-state index contributed by atoms with van der Waals surface area (Å²) < 4.78 is 10.1. The maximum absolute atomic E-state index is 5.93. The highest BCUT2D eigenvalue weighted by Gasteiger charge is 2.26. The highest BCUT2D eigenvalue weighted by atomic mass is 16.5. The van der Waals surface area contributed by atoms with Crippen molar-refractivity contribution >= 4 is 11.0 Å². The van der Waals surface area contributed by atoms with Crippen molar-refractivity contribution in [3.05, 3.63) is 42.2 Å². The van der Waals surface area contributed by atoms with Crippen LogP contribution in [0.15, 0.2) is 30.6 Å². The van der Waals surface area contributed by atoms with E-state index in [-0.39, 0.29) is 6.10 Å². The van der Waals surface area contributed by atoms with Crippen LogP contribution in [0.4, 0.5) is 0 Å². The lowest BCUT2D eigenvalue weighted by Crippen LogP contribution is -2.39. The van der Waals surface area contributed by atoms with Crippen molar-refractivity contribution in [1.29, 1.82) is 0 Å². The molecule has 1 aliphatic heterocycles. The van der Waals surface area contributed by atoms with Crippen molar-refractivity contribution in [2.45, 2.75) is 26.1 Å². The van der Waals surface area contributed by atoms with Crippen molar-refractivity contribution in [1.82, 2.24) is 29.2 Å². The van der Waals surface area contributed by atoms with Crippen LogP contribution in [0.5, 0.6) is 0 Å². The third kappa shape index (κ3) is 2.70. The standard InChI is InChI=1S/C17H22N6O/c1-3-23-12-18-20-17(23)15-10-22(8-9-24-15)11-16-19-13-6-4-5-7-14(13)21(16)2/h4-7,12,15H,3,8-11H2,1-2H3/t15-/m0/s1. The van der Waals surface area contributed by atoms with E-state index in [2.05, 4.69) is 51.8 Å². The van der Waals surface area contributed by atoms with Crippen molar-refractivity contribution in [3.63, 3.8) is 0 Å². The summed E-state index contributed by atoms with van der Waals surface area (Å²) in [5, 5.41) is 8.26. The Kier molecular flexibility index (Phi) is 4.03. The monoisotopic (exact) mass is 326 g/mol. The van der Waals surface area contributed by atoms with E-state index in [9.17, 15) is 0 Å². The van der Waals surface area contributed by atoms with Crippen LogP contribution in [-0.4, -0.2) is 48.9 Å². The van der Waals surface area contributed by atoms with Gasteiger partial charge in [-0.15, -0.1) is 10.2 Å². The summed E-state index contributed by atoms with van der Waals surface area (Å²) in [6.07, 6.45) is 1.74. The molecule has 0 N–H and O–H groups in total. The van der Waals surface area contributed by atoms with Crippen molar-refractivity contribution in [2.75, 3.05) is 19.7 Å². The van der Waals surface area contributed by atoms with Gasteiger partial charge in [-0.3, -0.25) is 4.90 Å². The van der Waals surface area contributed by atoms with E-state index in [4.69, 9.17) is 9.72 Å². The number of aryl methyl sites for hydroxylation is 2. The summed E-state index contributed by atoms with van der Waals surface area (Å²) in [5.41, 5.74) is 2.22. The molecule has 1 fully saturated rings. The van der Waals surface area contributed by atoms with E-state index in [1.54, 1.807) is 6.33 Å². The topological polar surface area (TPSA) is 61.0 Å². The smallest absolute Gasteiger partial charge is 0.163 e. The first kappa shape index (κ1) is 15.3. The molecular weight excluding hydrogens is 304 g/mol. The molecule has 1 aromatic carbocycles. The van der Waals surface area contributed by atoms with Crippen molar-refractivity contribution in [3.8, 4) is 0 Å². The third-order valence-electron chi connectivity index (χ3n) is 4.67. The molecule has 1 saturated heterocycles. The fraction of sp³-hybridized carbons (Fsp3) is 0.471. The Bertz CT molecular complexity index is 839. The number of para-hydroxylation sites is 2. The molecule has 0 radical (unpaired) electrons. The maximum Gasteiger partial charge on any atom is 0.163 e. The second-order valence-corrected chi connectivity index (χ2v) is 6.15. The fourth-order valence-corrected chi connectivity index (χ4v) is 3.30. The van der Waals surface area contributed by atoms with E-state index >= 15 is 0 Å². The number of nitrogens with zero attached hydrogens (tertiary/aromatic N) is 6. The Balaban J connectivity index is 1.53. The second-order valence-electron chi connectivity index (χ2n) is 6.15. The van der Waals surface area contributed by atoms with E-state index in [1.807, 2.05) is 10.6 Å². The number of hydrogen-bond acceptors (Lipinski definition) is 5. The minimum atomic E-state index is -0.0316. The number of fused-ring (bicyclic) bond motifs is 1. The first-order valence-corrected chi connectivity index (χ1v) is 8.38. The fourth-order valence-electron chi connectivity index (χ4n) is 3.30. The molecule has 1 atom stereocenters. The van der Waals surface area contributed by atoms with Crippen LogP contribution in [0.2, 0.25) is 0 Å². The Hall–Kier alpha value is -2.25. The average Bonchev–Trinajstić information content (AvgIpc) is 3.21. The zero-order valence-electron chi connectivity index (χ0n) is 14.1. The molecule has 0 spiro atoms. The second kappa shape index (κ2) is 6.33. The highest BCUT2D eigenvalue weighted by molar-refractivity contribution is 5.75. The zero-order valence-corrected chi connectivity index (χ0v) is 14.1. The van der Waals surface area contributed by atoms with Gasteiger partial charge in [-0.05, 0) is 19.1 Å². The lowest BCUT2D eigenvalue weighted by molar-refractivity contribution is -0.0397. The molecule has 3 aromatic rings. The summed E-state index contributed by atoms with van der Waals surface area (Å²) in [4.78, 5) is 7.15. The first-order valence-electron chi connectivity index (χ1n) is 8.38. The number of rotatable bonds is 4. The number of ether oxygens (including phenoxy) is 1. The Labute approximate surface area is 140 Å². The first-order chi connectivity index (χ1) is 11.8. The normalized spacial score (nSPS) is 19.2. The lowest BCUT2D eigenvalue weighted by atomic mass is 10.2. The maximum atomic E-state index is 5.93. The molecule has 126 valence electrons. The molecule has 0 aliphatic carbocycles. The van der Waals surface area contributed by atoms with Gasteiger partial charge in [-0.1, -0.05) is 12.1 Å². The van der Waals surface area contributed by atoms with Crippen LogP contribution >= 0.6 is 0 Å². The average molecular weight is 326 g/mol. The zero-order chi connectivity index (χ0) is 16.5. The summed E-state index contributed by atoms with van der Waals surface area (Å²) in [6, 6.07) is 8.25. The minimum absolute atomic E-state index is 0.0316. The summed E-state index contributed by atoms with van der Waals surface area (Å²) in [5.74, 6) is 1.99. The van der Waals surface area contributed by atoms with Gasteiger partial charge in [0.1, 0.15) is 18.3 Å². The molecule has 24 heavy (non-hydrogen) atoms. The molecule has 7 heteroatoms. The number of imidazole rings is 1. The van der Waals surface area contributed by atoms with Gasteiger partial charge in [-0.2, -0.15) is 0 Å². The highest BCUT2D eigenvalue weighted by Crippen LogP contribution is 2.22. The molecule has 7 nitrogen and oxygen atoms in total. The third-order valence-corrected chi connectivity index (χ3v) is 4.67. The quantitative estimate of drug-likeness (QED) is 0.731. The SMILES string of the molecule is CCn1cnnc1[C@@H]1CN(Cc2nc3ccccc3n2C)CCO1. The van der Waals surface area contributed by atoms with Crippen LogP contribution < -0.4 is 0 Å². The van der Waals surface area contributed by atoms with Crippen molar-refractivity contribution in [2.24, 2.45) is 7.05 Å². The van der Waals surface area contributed by atoms with Crippen LogP contribution in [0.1, 0.15) is 24.7 Å². The predicted molar refractivity (Wildman–Crippen MR) is 90.4 cm³/mol. The van der Waals surface area contributed by atoms with Crippen molar-refractivity contribution < 1.29 is 4.74 Å². The van der Waals surface area contributed by atoms with Gasteiger partial charge in [0, 0.05) is 26.7 Å². The Morgan fingerprint density at radius 3 is 3.00 bits per heavy atom. The lowest BCUT2D eigenvalue weighted by Gasteiger charge is -2.32. The largest absolute Gasteiger partial charge is 0.368 e. The van der Waals surface area contributed by atoms with Gasteiger partial charge in [-0.25, -0.2) is 4.98 Å². The van der Waals surface area contributed by atoms with Gasteiger partial charge >= 0.3 is 0 Å². The molecule has 0 amide bonds. The molecule has 0 saturated carbocycles. The molecular formula is C17H22N6O. The van der Waals surface area contributed by atoms with E-state index in [0.717, 1.165) is 43.3 Å². The summed E-state index contributed by atoms with van der Waals surface area (Å²) in [7, 11) is 2.08. The van der Waals surface area contributed by atoms with Gasteiger partial charge < -0.3 is 13.9 Å². The van der Waals surface area contributed by atoms with Gasteiger partial charge in [0.2, 0.25) is 0 Å². The van der Waals surface area contributed by atoms with Crippen LogP contribution in [0.3, 0.4) is 0 Å². The molecule has 3 heterocycles. The number of hydrogen-bond donors (Lipinski definition) is 0. The summed E-state index contributed by atoms with van der Waals surface area (Å²) in [6.45, 7) is 6.16. The van der Waals surface area contributed by atoms with Gasteiger partial charge in [0.25, 0.3) is 0 Å². The Morgan fingerprint density at radius 1 is 1.29 bits per heavy atom. The van der Waals surface area contributed by atoms with E-state index < -0.39 is 0 Å². The van der Waals surface area contributed by atoms with E-state index in [1.165, 1.54) is 5.52 Å². The molecule has 4 rings (SSSR count). The molecule has 0 bridgehead atoms. The van der Waals surface area contributed by atoms with Crippen LogP contribution in [0, 0.1) is 0 Å². The predicted octanol–water partition coefficient (Wildman–Crippen LogP) is 1.76. The van der Waals surface area contributed by atoms with E-state index in [0.29, 0.717) is 6.61 Å². The number of benzene rings is 1. The van der Waals surface area contributed by atoms with Gasteiger partial charge in [0.05, 0.1) is 24.2 Å². The molecule has 2 aromatic heterocycles. The van der Waals surface area contributed by atoms with Gasteiger partial charge in [0.15, 0.2) is 5.82 Å². The Morgan fingerprint density at radius 2 is 2.17 bits per heavy atom. The molecule has 0 unspecified atom stereocenters. The van der Waals surface area contributed by atoms with Crippen LogP contribution in [-0.2, 0) is 24.9 Å². The number of aromatic nitrogens is 5. The summed E-state index contributed by atoms with van der Waals surface area (Å²) >= 11 is 0. The minimum Gasteiger partial charge on any atom is -0.368 e. The number of morpholine rings is 1. The van der Waals surface area contributed by atoms with Crippen LogP contribution in [0.25, 0.3) is 11.0 Å².